The van der Waals surface area contributed by atoms with Crippen molar-refractivity contribution >= 4 is 33.4 Å². The lowest BCUT2D eigenvalue weighted by Crippen LogP contribution is -2.09. The van der Waals surface area contributed by atoms with Crippen molar-refractivity contribution in [1.29, 1.82) is 0 Å². The van der Waals surface area contributed by atoms with E-state index in [1.54, 1.807) is 7.11 Å². The standard InChI is InChI=1S/C21H19ClN2O/c1-25-12-11-24-20-14-17(22)9-10-19(20)23-21(24)13-16-7-4-6-15-5-2-3-8-18(15)16/h2-10,14H,11-13H2,1H3. The van der Waals surface area contributed by atoms with Gasteiger partial charge in [-0.3, -0.25) is 0 Å². The van der Waals surface area contributed by atoms with Crippen LogP contribution in [0.4, 0.5) is 0 Å². The molecule has 4 aromatic rings. The van der Waals surface area contributed by atoms with Crippen molar-refractivity contribution in [3.8, 4) is 0 Å². The largest absolute Gasteiger partial charge is 0.383 e. The molecular formula is C21H19ClN2O. The van der Waals surface area contributed by atoms with Crippen molar-refractivity contribution in [2.24, 2.45) is 0 Å². The average molecular weight is 351 g/mol. The number of methoxy groups -OCH3 is 1. The Hall–Kier alpha value is -2.36. The van der Waals surface area contributed by atoms with E-state index in [9.17, 15) is 0 Å². The Labute approximate surface area is 151 Å². The van der Waals surface area contributed by atoms with E-state index in [1.165, 1.54) is 16.3 Å². The zero-order chi connectivity index (χ0) is 17.2. The van der Waals surface area contributed by atoms with Gasteiger partial charge in [-0.25, -0.2) is 4.98 Å². The molecule has 1 aromatic heterocycles. The summed E-state index contributed by atoms with van der Waals surface area (Å²) in [6.07, 6.45) is 0.775. The van der Waals surface area contributed by atoms with Crippen LogP contribution in [-0.2, 0) is 17.7 Å². The normalized spacial score (nSPS) is 11.4. The molecule has 0 fully saturated rings. The number of ether oxygens (including phenoxy) is 1. The Morgan fingerprint density at radius 2 is 1.88 bits per heavy atom. The Kier molecular flexibility index (Phi) is 4.43. The van der Waals surface area contributed by atoms with Gasteiger partial charge in [-0.15, -0.1) is 0 Å². The molecular weight excluding hydrogens is 332 g/mol. The predicted octanol–water partition coefficient (Wildman–Crippen LogP) is 5.08. The van der Waals surface area contributed by atoms with Gasteiger partial charge in [0.1, 0.15) is 5.82 Å². The number of halogens is 1. The molecule has 0 saturated carbocycles. The lowest BCUT2D eigenvalue weighted by Gasteiger charge is -2.10. The quantitative estimate of drug-likeness (QED) is 0.502. The molecule has 4 heteroatoms. The Bertz CT molecular complexity index is 1030. The van der Waals surface area contributed by atoms with E-state index in [1.807, 2.05) is 18.2 Å². The highest BCUT2D eigenvalue weighted by molar-refractivity contribution is 6.31. The molecule has 1 heterocycles. The first kappa shape index (κ1) is 16.1. The monoisotopic (exact) mass is 350 g/mol. The number of fused-ring (bicyclic) bond motifs is 2. The van der Waals surface area contributed by atoms with Crippen molar-refractivity contribution in [3.05, 3.63) is 77.1 Å². The molecule has 0 radical (unpaired) electrons. The molecule has 0 unspecified atom stereocenters. The second-order valence-corrected chi connectivity index (χ2v) is 6.56. The topological polar surface area (TPSA) is 27.1 Å². The molecule has 0 aliphatic rings. The van der Waals surface area contributed by atoms with E-state index < -0.39 is 0 Å². The van der Waals surface area contributed by atoms with Gasteiger partial charge in [0.05, 0.1) is 17.6 Å². The first-order valence-corrected chi connectivity index (χ1v) is 8.74. The van der Waals surface area contributed by atoms with Crippen LogP contribution in [0.15, 0.2) is 60.7 Å². The number of aromatic nitrogens is 2. The second-order valence-electron chi connectivity index (χ2n) is 6.12. The molecule has 0 bridgehead atoms. The lowest BCUT2D eigenvalue weighted by atomic mass is 10.0. The fraction of sp³-hybridized carbons (Fsp3) is 0.190. The number of hydrogen-bond donors (Lipinski definition) is 0. The molecule has 0 saturated heterocycles. The van der Waals surface area contributed by atoms with Crippen molar-refractivity contribution < 1.29 is 4.74 Å². The van der Waals surface area contributed by atoms with Gasteiger partial charge in [0.15, 0.2) is 0 Å². The van der Waals surface area contributed by atoms with Crippen LogP contribution < -0.4 is 0 Å². The number of benzene rings is 3. The maximum absolute atomic E-state index is 6.20. The summed E-state index contributed by atoms with van der Waals surface area (Å²) < 4.78 is 7.50. The number of imidazole rings is 1. The van der Waals surface area contributed by atoms with Crippen molar-refractivity contribution in [1.82, 2.24) is 9.55 Å². The van der Waals surface area contributed by atoms with Crippen molar-refractivity contribution in [2.45, 2.75) is 13.0 Å². The molecule has 126 valence electrons. The number of rotatable bonds is 5. The Morgan fingerprint density at radius 1 is 1.04 bits per heavy atom. The van der Waals surface area contributed by atoms with Gasteiger partial charge in [0.2, 0.25) is 0 Å². The van der Waals surface area contributed by atoms with Crippen LogP contribution in [0, 0.1) is 0 Å². The minimum absolute atomic E-state index is 0.639. The maximum atomic E-state index is 6.20. The summed E-state index contributed by atoms with van der Waals surface area (Å²) in [5.41, 5.74) is 3.30. The van der Waals surface area contributed by atoms with Gasteiger partial charge in [-0.05, 0) is 34.5 Å². The van der Waals surface area contributed by atoms with Crippen molar-refractivity contribution in [2.75, 3.05) is 13.7 Å². The Balaban J connectivity index is 1.82. The lowest BCUT2D eigenvalue weighted by molar-refractivity contribution is 0.187. The molecule has 0 atom stereocenters. The molecule has 3 aromatic carbocycles. The summed E-state index contributed by atoms with van der Waals surface area (Å²) in [6, 6.07) is 20.7. The Morgan fingerprint density at radius 3 is 2.76 bits per heavy atom. The van der Waals surface area contributed by atoms with E-state index in [2.05, 4.69) is 47.0 Å². The summed E-state index contributed by atoms with van der Waals surface area (Å²) in [6.45, 7) is 1.40. The highest BCUT2D eigenvalue weighted by Crippen LogP contribution is 2.25. The third-order valence-electron chi connectivity index (χ3n) is 4.54. The van der Waals surface area contributed by atoms with Gasteiger partial charge >= 0.3 is 0 Å². The third-order valence-corrected chi connectivity index (χ3v) is 4.77. The molecule has 0 aliphatic carbocycles. The molecule has 4 rings (SSSR count). The molecule has 0 aliphatic heterocycles. The van der Waals surface area contributed by atoms with E-state index in [0.717, 1.165) is 34.8 Å². The third kappa shape index (κ3) is 3.13. The van der Waals surface area contributed by atoms with Crippen molar-refractivity contribution in [3.63, 3.8) is 0 Å². The maximum Gasteiger partial charge on any atom is 0.114 e. The van der Waals surface area contributed by atoms with Gasteiger partial charge in [0, 0.05) is 25.1 Å². The van der Waals surface area contributed by atoms with Gasteiger partial charge in [0.25, 0.3) is 0 Å². The zero-order valence-corrected chi connectivity index (χ0v) is 14.8. The van der Waals surface area contributed by atoms with E-state index >= 15 is 0 Å². The first-order chi connectivity index (χ1) is 12.3. The summed E-state index contributed by atoms with van der Waals surface area (Å²) in [5, 5.41) is 3.25. The van der Waals surface area contributed by atoms with Gasteiger partial charge in [-0.2, -0.15) is 0 Å². The van der Waals surface area contributed by atoms with E-state index in [0.29, 0.717) is 6.61 Å². The highest BCUT2D eigenvalue weighted by atomic mass is 35.5. The minimum atomic E-state index is 0.639. The van der Waals surface area contributed by atoms with Crippen LogP contribution in [0.2, 0.25) is 5.02 Å². The average Bonchev–Trinajstić information content (AvgIpc) is 2.96. The number of nitrogens with zero attached hydrogens (tertiary/aromatic N) is 2. The first-order valence-electron chi connectivity index (χ1n) is 8.36. The van der Waals surface area contributed by atoms with Crippen LogP contribution in [0.3, 0.4) is 0 Å². The smallest absolute Gasteiger partial charge is 0.114 e. The molecule has 3 nitrogen and oxygen atoms in total. The minimum Gasteiger partial charge on any atom is -0.383 e. The van der Waals surface area contributed by atoms with E-state index in [-0.39, 0.29) is 0 Å². The van der Waals surface area contributed by atoms with Crippen LogP contribution in [0.1, 0.15) is 11.4 Å². The summed E-state index contributed by atoms with van der Waals surface area (Å²) >= 11 is 6.20. The van der Waals surface area contributed by atoms with Crippen LogP contribution in [0.25, 0.3) is 21.8 Å². The van der Waals surface area contributed by atoms with Crippen LogP contribution >= 0.6 is 11.6 Å². The molecule has 0 N–H and O–H groups in total. The van der Waals surface area contributed by atoms with Crippen LogP contribution in [0.5, 0.6) is 0 Å². The van der Waals surface area contributed by atoms with Gasteiger partial charge < -0.3 is 9.30 Å². The SMILES string of the molecule is COCCn1c(Cc2cccc3ccccc23)nc2ccc(Cl)cc21. The van der Waals surface area contributed by atoms with Crippen LogP contribution in [-0.4, -0.2) is 23.3 Å². The summed E-state index contributed by atoms with van der Waals surface area (Å²) in [7, 11) is 1.72. The second kappa shape index (κ2) is 6.87. The summed E-state index contributed by atoms with van der Waals surface area (Å²) in [5.74, 6) is 1.03. The fourth-order valence-corrected chi connectivity index (χ4v) is 3.50. The summed E-state index contributed by atoms with van der Waals surface area (Å²) in [4.78, 5) is 4.86. The fourth-order valence-electron chi connectivity index (χ4n) is 3.33. The molecule has 25 heavy (non-hydrogen) atoms. The molecule has 0 spiro atoms. The number of hydrogen-bond acceptors (Lipinski definition) is 2. The highest BCUT2D eigenvalue weighted by Gasteiger charge is 2.13. The molecule has 0 amide bonds. The zero-order valence-electron chi connectivity index (χ0n) is 14.1. The van der Waals surface area contributed by atoms with Gasteiger partial charge in [-0.1, -0.05) is 54.1 Å². The predicted molar refractivity (Wildman–Crippen MR) is 103 cm³/mol. The van der Waals surface area contributed by atoms with E-state index in [4.69, 9.17) is 21.3 Å².